The van der Waals surface area contributed by atoms with Gasteiger partial charge in [-0.25, -0.2) is 9.78 Å². The van der Waals surface area contributed by atoms with E-state index in [0.717, 1.165) is 19.3 Å². The molecule has 0 spiro atoms. The quantitative estimate of drug-likeness (QED) is 0.740. The summed E-state index contributed by atoms with van der Waals surface area (Å²) in [6.07, 6.45) is 5.82. The molecule has 1 aromatic rings. The smallest absolute Gasteiger partial charge is 0.337 e. The van der Waals surface area contributed by atoms with E-state index in [1.165, 1.54) is 12.3 Å². The van der Waals surface area contributed by atoms with Gasteiger partial charge in [0.25, 0.3) is 0 Å². The van der Waals surface area contributed by atoms with Crippen molar-refractivity contribution in [1.29, 1.82) is 0 Å². The molecule has 0 radical (unpaired) electrons. The third kappa shape index (κ3) is 3.08. The number of pyridine rings is 1. The number of carboxylic acids is 1. The van der Waals surface area contributed by atoms with Gasteiger partial charge >= 0.3 is 5.97 Å². The molecule has 0 amide bonds. The second kappa shape index (κ2) is 5.19. The SMILES string of the molecule is O=C(O)c1ccc(C#CC2(O)CCCCC2)nc1. The summed E-state index contributed by atoms with van der Waals surface area (Å²) < 4.78 is 0. The van der Waals surface area contributed by atoms with Crippen LogP contribution in [0.1, 0.15) is 48.2 Å². The van der Waals surface area contributed by atoms with E-state index < -0.39 is 11.6 Å². The van der Waals surface area contributed by atoms with Crippen LogP contribution >= 0.6 is 0 Å². The maximum Gasteiger partial charge on any atom is 0.337 e. The fourth-order valence-electron chi connectivity index (χ4n) is 2.04. The lowest BCUT2D eigenvalue weighted by molar-refractivity contribution is 0.0609. The number of aromatic nitrogens is 1. The number of rotatable bonds is 1. The van der Waals surface area contributed by atoms with Crippen LogP contribution < -0.4 is 0 Å². The van der Waals surface area contributed by atoms with Crippen LogP contribution in [0, 0.1) is 11.8 Å². The molecule has 0 saturated heterocycles. The number of carboxylic acid groups (broad SMARTS) is 1. The minimum Gasteiger partial charge on any atom is -0.478 e. The Bertz CT molecular complexity index is 490. The van der Waals surface area contributed by atoms with Gasteiger partial charge in [-0.3, -0.25) is 0 Å². The van der Waals surface area contributed by atoms with Gasteiger partial charge in [-0.05, 0) is 43.7 Å². The van der Waals surface area contributed by atoms with E-state index in [4.69, 9.17) is 5.11 Å². The number of carbonyl (C=O) groups is 1. The van der Waals surface area contributed by atoms with Crippen LogP contribution in [-0.4, -0.2) is 26.8 Å². The van der Waals surface area contributed by atoms with E-state index in [2.05, 4.69) is 16.8 Å². The Kier molecular flexibility index (Phi) is 3.63. The van der Waals surface area contributed by atoms with Crippen LogP contribution in [0.5, 0.6) is 0 Å². The molecule has 1 heterocycles. The predicted molar refractivity (Wildman–Crippen MR) is 66.1 cm³/mol. The Balaban J connectivity index is 2.11. The summed E-state index contributed by atoms with van der Waals surface area (Å²) in [7, 11) is 0. The largest absolute Gasteiger partial charge is 0.478 e. The molecule has 1 aromatic heterocycles. The van der Waals surface area contributed by atoms with Gasteiger partial charge in [-0.2, -0.15) is 0 Å². The lowest BCUT2D eigenvalue weighted by atomic mass is 9.85. The summed E-state index contributed by atoms with van der Waals surface area (Å²) in [4.78, 5) is 14.6. The first-order chi connectivity index (χ1) is 8.59. The molecule has 1 aliphatic carbocycles. The van der Waals surface area contributed by atoms with E-state index in [0.29, 0.717) is 18.5 Å². The number of aliphatic hydroxyl groups is 1. The molecule has 1 saturated carbocycles. The Morgan fingerprint density at radius 1 is 1.28 bits per heavy atom. The molecule has 0 bridgehead atoms. The van der Waals surface area contributed by atoms with Crippen LogP contribution in [-0.2, 0) is 0 Å². The molecule has 4 nitrogen and oxygen atoms in total. The standard InChI is InChI=1S/C14H15NO3/c16-13(17)11-4-5-12(15-10-11)6-9-14(18)7-2-1-3-8-14/h4-5,10,18H,1-3,7-8H2,(H,16,17). The molecular formula is C14H15NO3. The van der Waals surface area contributed by atoms with Crippen molar-refractivity contribution in [3.05, 3.63) is 29.6 Å². The first-order valence-corrected chi connectivity index (χ1v) is 6.04. The Labute approximate surface area is 106 Å². The van der Waals surface area contributed by atoms with Gasteiger partial charge in [-0.1, -0.05) is 12.3 Å². The van der Waals surface area contributed by atoms with Crippen molar-refractivity contribution in [3.8, 4) is 11.8 Å². The second-order valence-corrected chi connectivity index (χ2v) is 4.58. The van der Waals surface area contributed by atoms with Crippen molar-refractivity contribution in [3.63, 3.8) is 0 Å². The third-order valence-corrected chi connectivity index (χ3v) is 3.11. The molecule has 94 valence electrons. The minimum absolute atomic E-state index is 0.136. The number of hydrogen-bond donors (Lipinski definition) is 2. The van der Waals surface area contributed by atoms with Crippen LogP contribution in [0.3, 0.4) is 0 Å². The van der Waals surface area contributed by atoms with Crippen molar-refractivity contribution in [2.24, 2.45) is 0 Å². The van der Waals surface area contributed by atoms with Crippen molar-refractivity contribution in [2.45, 2.75) is 37.7 Å². The molecule has 2 N–H and O–H groups in total. The van der Waals surface area contributed by atoms with Gasteiger partial charge in [0.2, 0.25) is 0 Å². The molecular weight excluding hydrogens is 230 g/mol. The zero-order valence-electron chi connectivity index (χ0n) is 10.0. The fraction of sp³-hybridized carbons (Fsp3) is 0.429. The second-order valence-electron chi connectivity index (χ2n) is 4.58. The van der Waals surface area contributed by atoms with Crippen molar-refractivity contribution in [1.82, 2.24) is 4.98 Å². The van der Waals surface area contributed by atoms with Gasteiger partial charge in [0.05, 0.1) is 5.56 Å². The van der Waals surface area contributed by atoms with Gasteiger partial charge in [0.1, 0.15) is 11.3 Å². The predicted octanol–water partition coefficient (Wildman–Crippen LogP) is 1.83. The normalized spacial score (nSPS) is 17.6. The van der Waals surface area contributed by atoms with Gasteiger partial charge in [0.15, 0.2) is 0 Å². The maximum atomic E-state index is 10.7. The van der Waals surface area contributed by atoms with Crippen molar-refractivity contribution >= 4 is 5.97 Å². The highest BCUT2D eigenvalue weighted by Crippen LogP contribution is 2.27. The lowest BCUT2D eigenvalue weighted by Gasteiger charge is -2.26. The maximum absolute atomic E-state index is 10.7. The molecule has 1 fully saturated rings. The molecule has 4 heteroatoms. The summed E-state index contributed by atoms with van der Waals surface area (Å²) in [6, 6.07) is 3.02. The average molecular weight is 245 g/mol. The third-order valence-electron chi connectivity index (χ3n) is 3.11. The highest BCUT2D eigenvalue weighted by molar-refractivity contribution is 5.87. The Morgan fingerprint density at radius 3 is 2.56 bits per heavy atom. The van der Waals surface area contributed by atoms with E-state index in [1.807, 2.05) is 0 Å². The van der Waals surface area contributed by atoms with Gasteiger partial charge in [0, 0.05) is 6.20 Å². The fourth-order valence-corrected chi connectivity index (χ4v) is 2.04. The van der Waals surface area contributed by atoms with Crippen LogP contribution in [0.2, 0.25) is 0 Å². The number of hydrogen-bond acceptors (Lipinski definition) is 3. The minimum atomic E-state index is -1.01. The van der Waals surface area contributed by atoms with Crippen LogP contribution in [0.15, 0.2) is 18.3 Å². The number of nitrogens with zero attached hydrogens (tertiary/aromatic N) is 1. The highest BCUT2D eigenvalue weighted by Gasteiger charge is 2.26. The zero-order valence-corrected chi connectivity index (χ0v) is 10.0. The topological polar surface area (TPSA) is 70.4 Å². The van der Waals surface area contributed by atoms with Crippen LogP contribution in [0.4, 0.5) is 0 Å². The zero-order chi connectivity index (χ0) is 13.0. The van der Waals surface area contributed by atoms with E-state index in [1.54, 1.807) is 6.07 Å². The molecule has 0 aromatic carbocycles. The Hall–Kier alpha value is -1.86. The average Bonchev–Trinajstić information content (AvgIpc) is 2.38. The molecule has 18 heavy (non-hydrogen) atoms. The Morgan fingerprint density at radius 2 is 2.00 bits per heavy atom. The summed E-state index contributed by atoms with van der Waals surface area (Å²) in [5, 5.41) is 18.9. The van der Waals surface area contributed by atoms with Gasteiger partial charge < -0.3 is 10.2 Å². The molecule has 0 aliphatic heterocycles. The number of aromatic carboxylic acids is 1. The summed E-state index contributed by atoms with van der Waals surface area (Å²) in [5.74, 6) is 4.67. The van der Waals surface area contributed by atoms with Crippen molar-refractivity contribution < 1.29 is 15.0 Å². The first kappa shape index (κ1) is 12.6. The van der Waals surface area contributed by atoms with Crippen LogP contribution in [0.25, 0.3) is 0 Å². The van der Waals surface area contributed by atoms with E-state index in [9.17, 15) is 9.90 Å². The summed E-state index contributed by atoms with van der Waals surface area (Å²) in [5.41, 5.74) is -0.276. The van der Waals surface area contributed by atoms with E-state index >= 15 is 0 Å². The highest BCUT2D eigenvalue weighted by atomic mass is 16.4. The molecule has 0 unspecified atom stereocenters. The molecule has 2 rings (SSSR count). The lowest BCUT2D eigenvalue weighted by Crippen LogP contribution is -2.29. The van der Waals surface area contributed by atoms with Crippen molar-refractivity contribution in [2.75, 3.05) is 0 Å². The van der Waals surface area contributed by atoms with Gasteiger partial charge in [-0.15, -0.1) is 0 Å². The summed E-state index contributed by atoms with van der Waals surface area (Å²) in [6.45, 7) is 0. The summed E-state index contributed by atoms with van der Waals surface area (Å²) >= 11 is 0. The molecule has 1 aliphatic rings. The molecule has 0 atom stereocenters. The first-order valence-electron chi connectivity index (χ1n) is 6.04. The monoisotopic (exact) mass is 245 g/mol. The van der Waals surface area contributed by atoms with E-state index in [-0.39, 0.29) is 5.56 Å².